The maximum absolute atomic E-state index is 13.2. The number of amides is 1. The summed E-state index contributed by atoms with van der Waals surface area (Å²) in [5.74, 6) is -0.141. The number of benzene rings is 2. The predicted octanol–water partition coefficient (Wildman–Crippen LogP) is 4.71. The molecule has 1 aliphatic heterocycles. The van der Waals surface area contributed by atoms with Crippen LogP contribution in [0.3, 0.4) is 0 Å². The number of hydrogen-bond acceptors (Lipinski definition) is 7. The van der Waals surface area contributed by atoms with Gasteiger partial charge in [0.1, 0.15) is 11.5 Å². The van der Waals surface area contributed by atoms with E-state index in [0.717, 1.165) is 0 Å². The van der Waals surface area contributed by atoms with Crippen molar-refractivity contribution in [1.82, 2.24) is 4.90 Å². The summed E-state index contributed by atoms with van der Waals surface area (Å²) in [5.41, 5.74) is 0.967. The molecule has 188 valence electrons. The van der Waals surface area contributed by atoms with E-state index in [1.807, 2.05) is 20.8 Å². The summed E-state index contributed by atoms with van der Waals surface area (Å²) in [6, 6.07) is 9.37. The van der Waals surface area contributed by atoms with E-state index in [9.17, 15) is 14.7 Å². The number of carbonyl (C=O) groups is 2. The summed E-state index contributed by atoms with van der Waals surface area (Å²) in [5, 5.41) is 11.2. The Morgan fingerprint density at radius 1 is 1.09 bits per heavy atom. The number of Topliss-reactive ketones (excluding diaryl/α,β-unsaturated/α-hetero) is 1. The van der Waals surface area contributed by atoms with Gasteiger partial charge in [-0.3, -0.25) is 9.59 Å². The summed E-state index contributed by atoms with van der Waals surface area (Å²) in [6.45, 7) is 6.49. The Morgan fingerprint density at radius 2 is 1.80 bits per heavy atom. The van der Waals surface area contributed by atoms with Crippen LogP contribution in [0.15, 0.2) is 46.4 Å². The van der Waals surface area contributed by atoms with Crippen molar-refractivity contribution in [2.75, 3.05) is 34.0 Å². The lowest BCUT2D eigenvalue weighted by Gasteiger charge is -2.26. The molecule has 8 nitrogen and oxygen atoms in total. The molecule has 1 amide bonds. The third-order valence-corrected chi connectivity index (χ3v) is 6.07. The van der Waals surface area contributed by atoms with Crippen LogP contribution in [0.1, 0.15) is 37.9 Å². The van der Waals surface area contributed by atoms with E-state index < -0.39 is 17.7 Å². The zero-order chi connectivity index (χ0) is 25.7. The van der Waals surface area contributed by atoms with Gasteiger partial charge >= 0.3 is 0 Å². The Labute approximate surface area is 213 Å². The largest absolute Gasteiger partial charge is 0.507 e. The van der Waals surface area contributed by atoms with E-state index in [4.69, 9.17) is 18.9 Å². The second kappa shape index (κ2) is 11.6. The molecule has 1 aliphatic rings. The van der Waals surface area contributed by atoms with Gasteiger partial charge in [-0.1, -0.05) is 6.07 Å². The maximum atomic E-state index is 13.2. The molecule has 2 aromatic carbocycles. The van der Waals surface area contributed by atoms with Gasteiger partial charge in [0.2, 0.25) is 0 Å². The number of ketones is 1. The average Bonchev–Trinajstić information content (AvgIpc) is 3.08. The van der Waals surface area contributed by atoms with Crippen molar-refractivity contribution >= 4 is 33.4 Å². The van der Waals surface area contributed by atoms with Crippen molar-refractivity contribution in [3.05, 3.63) is 57.6 Å². The van der Waals surface area contributed by atoms with E-state index in [1.54, 1.807) is 36.4 Å². The molecule has 1 saturated heterocycles. The van der Waals surface area contributed by atoms with Crippen molar-refractivity contribution in [2.24, 2.45) is 0 Å². The van der Waals surface area contributed by atoms with E-state index in [2.05, 4.69) is 15.9 Å². The van der Waals surface area contributed by atoms with Crippen LogP contribution in [0.5, 0.6) is 17.2 Å². The van der Waals surface area contributed by atoms with Crippen LogP contribution in [0.25, 0.3) is 5.76 Å². The van der Waals surface area contributed by atoms with Gasteiger partial charge in [0.05, 0.1) is 42.5 Å². The smallest absolute Gasteiger partial charge is 0.295 e. The second-order valence-corrected chi connectivity index (χ2v) is 8.99. The number of likely N-dealkylation sites (tertiary alicyclic amines) is 1. The normalized spacial score (nSPS) is 17.2. The Morgan fingerprint density at radius 3 is 2.40 bits per heavy atom. The first kappa shape index (κ1) is 26.6. The fraction of sp³-hybridized carbons (Fsp3) is 0.385. The van der Waals surface area contributed by atoms with Crippen molar-refractivity contribution in [1.29, 1.82) is 0 Å². The molecular formula is C26H30BrNO7. The molecule has 0 spiro atoms. The topological polar surface area (TPSA) is 94.5 Å². The van der Waals surface area contributed by atoms with Gasteiger partial charge in [0.25, 0.3) is 11.7 Å². The molecule has 0 radical (unpaired) electrons. The zero-order valence-electron chi connectivity index (χ0n) is 20.5. The number of aliphatic hydroxyl groups is 1. The van der Waals surface area contributed by atoms with Crippen LogP contribution in [-0.2, 0) is 14.3 Å². The molecule has 1 atom stereocenters. The molecule has 0 bridgehead atoms. The Hall–Kier alpha value is -3.04. The highest BCUT2D eigenvalue weighted by molar-refractivity contribution is 9.10. The van der Waals surface area contributed by atoms with Gasteiger partial charge in [-0.15, -0.1) is 0 Å². The first-order valence-electron chi connectivity index (χ1n) is 11.3. The highest BCUT2D eigenvalue weighted by Crippen LogP contribution is 2.42. The molecule has 35 heavy (non-hydrogen) atoms. The highest BCUT2D eigenvalue weighted by Gasteiger charge is 2.46. The van der Waals surface area contributed by atoms with Crippen LogP contribution in [-0.4, -0.2) is 61.8 Å². The van der Waals surface area contributed by atoms with Gasteiger partial charge in [-0.2, -0.15) is 0 Å². The number of carbonyl (C=O) groups excluding carboxylic acids is 2. The lowest BCUT2D eigenvalue weighted by molar-refractivity contribution is -0.140. The molecule has 2 aromatic rings. The van der Waals surface area contributed by atoms with Crippen LogP contribution in [0.2, 0.25) is 0 Å². The molecule has 1 fully saturated rings. The van der Waals surface area contributed by atoms with E-state index in [0.29, 0.717) is 39.5 Å². The fourth-order valence-electron chi connectivity index (χ4n) is 3.93. The number of methoxy groups -OCH3 is 2. The first-order valence-corrected chi connectivity index (χ1v) is 12.1. The zero-order valence-corrected chi connectivity index (χ0v) is 22.0. The molecule has 1 unspecified atom stereocenters. The van der Waals surface area contributed by atoms with E-state index >= 15 is 0 Å². The molecule has 0 aliphatic carbocycles. The lowest BCUT2D eigenvalue weighted by atomic mass is 9.95. The van der Waals surface area contributed by atoms with E-state index in [-0.39, 0.29) is 30.6 Å². The molecule has 1 heterocycles. The number of nitrogens with zero attached hydrogens (tertiary/aromatic N) is 1. The summed E-state index contributed by atoms with van der Waals surface area (Å²) >= 11 is 3.40. The summed E-state index contributed by atoms with van der Waals surface area (Å²) < 4.78 is 22.7. The van der Waals surface area contributed by atoms with Crippen LogP contribution in [0.4, 0.5) is 0 Å². The standard InChI is InChI=1S/C26H30BrNO7/c1-6-34-21-14-16(7-10-20(21)35-15(2)3)23-22(25(30)26(31)28(23)11-12-32-4)24(29)17-8-9-19(33-5)18(27)13-17/h7-10,13-15,23,29H,6,11-12H2,1-5H3/b24-22-. The number of rotatable bonds is 10. The number of ether oxygens (including phenoxy) is 4. The molecule has 0 aromatic heterocycles. The minimum Gasteiger partial charge on any atom is -0.507 e. The van der Waals surface area contributed by atoms with Crippen molar-refractivity contribution in [3.63, 3.8) is 0 Å². The van der Waals surface area contributed by atoms with Gasteiger partial charge in [-0.05, 0) is 72.6 Å². The minimum atomic E-state index is -0.835. The van der Waals surface area contributed by atoms with Crippen LogP contribution in [0, 0.1) is 0 Å². The Kier molecular flexibility index (Phi) is 8.80. The van der Waals surface area contributed by atoms with E-state index in [1.165, 1.54) is 19.1 Å². The second-order valence-electron chi connectivity index (χ2n) is 8.14. The lowest BCUT2D eigenvalue weighted by Crippen LogP contribution is -2.32. The summed E-state index contributed by atoms with van der Waals surface area (Å²) in [6.07, 6.45) is -0.0686. The van der Waals surface area contributed by atoms with Gasteiger partial charge in [-0.25, -0.2) is 0 Å². The quantitative estimate of drug-likeness (QED) is 0.261. The minimum absolute atomic E-state index is 0.0110. The number of halogens is 1. The van der Waals surface area contributed by atoms with Crippen molar-refractivity contribution < 1.29 is 33.6 Å². The molecule has 0 saturated carbocycles. The van der Waals surface area contributed by atoms with Gasteiger partial charge < -0.3 is 29.0 Å². The summed E-state index contributed by atoms with van der Waals surface area (Å²) in [4.78, 5) is 27.6. The van der Waals surface area contributed by atoms with Crippen molar-refractivity contribution in [2.45, 2.75) is 32.9 Å². The summed E-state index contributed by atoms with van der Waals surface area (Å²) in [7, 11) is 3.05. The highest BCUT2D eigenvalue weighted by atomic mass is 79.9. The first-order chi connectivity index (χ1) is 16.7. The van der Waals surface area contributed by atoms with Gasteiger partial charge in [0, 0.05) is 19.2 Å². The molecule has 3 rings (SSSR count). The SMILES string of the molecule is CCOc1cc(C2/C(=C(/O)c3ccc(OC)c(Br)c3)C(=O)C(=O)N2CCOC)ccc1OC(C)C. The average molecular weight is 548 g/mol. The van der Waals surface area contributed by atoms with Crippen LogP contribution >= 0.6 is 15.9 Å². The maximum Gasteiger partial charge on any atom is 0.295 e. The predicted molar refractivity (Wildman–Crippen MR) is 135 cm³/mol. The fourth-order valence-corrected chi connectivity index (χ4v) is 4.47. The Bertz CT molecular complexity index is 1130. The number of hydrogen-bond donors (Lipinski definition) is 1. The third kappa shape index (κ3) is 5.62. The third-order valence-electron chi connectivity index (χ3n) is 5.45. The Balaban J connectivity index is 2.18. The van der Waals surface area contributed by atoms with Gasteiger partial charge in [0.15, 0.2) is 11.5 Å². The molecule has 1 N–H and O–H groups in total. The number of aliphatic hydroxyl groups excluding tert-OH is 1. The monoisotopic (exact) mass is 547 g/mol. The van der Waals surface area contributed by atoms with Crippen molar-refractivity contribution in [3.8, 4) is 17.2 Å². The van der Waals surface area contributed by atoms with Crippen LogP contribution < -0.4 is 14.2 Å². The molecular weight excluding hydrogens is 518 g/mol. The molecule has 9 heteroatoms.